The summed E-state index contributed by atoms with van der Waals surface area (Å²) in [5.41, 5.74) is 2.05. The second-order valence-corrected chi connectivity index (χ2v) is 8.75. The molecule has 6 nitrogen and oxygen atoms in total. The predicted octanol–water partition coefficient (Wildman–Crippen LogP) is 3.84. The minimum absolute atomic E-state index is 0.0229. The highest BCUT2D eigenvalue weighted by Crippen LogP contribution is 2.33. The Morgan fingerprint density at radius 3 is 2.72 bits per heavy atom. The van der Waals surface area contributed by atoms with Crippen molar-refractivity contribution in [1.82, 2.24) is 0 Å². The second kappa shape index (κ2) is 13.3. The maximum absolute atomic E-state index is 12.3. The molecule has 0 saturated heterocycles. The molecule has 3 N–H and O–H groups in total. The Balaban J connectivity index is 1.90. The van der Waals surface area contributed by atoms with Gasteiger partial charge in [-0.25, -0.2) is 0 Å². The van der Waals surface area contributed by atoms with Crippen LogP contribution in [0.3, 0.4) is 0 Å². The number of hydrogen-bond acceptors (Lipinski definition) is 5. The Morgan fingerprint density at radius 2 is 2.00 bits per heavy atom. The number of hydrogen-bond donors (Lipinski definition) is 3. The molecule has 1 fully saturated rings. The number of carbonyl (C=O) groups is 2. The third-order valence-corrected chi connectivity index (χ3v) is 5.63. The van der Waals surface area contributed by atoms with Crippen molar-refractivity contribution >= 4 is 11.8 Å². The van der Waals surface area contributed by atoms with E-state index in [1.165, 1.54) is 0 Å². The molecule has 2 rings (SSSR count). The highest BCUT2D eigenvalue weighted by molar-refractivity contribution is 5.84. The van der Waals surface area contributed by atoms with Crippen molar-refractivity contribution in [2.24, 2.45) is 11.8 Å². The molecular formula is C26H36O6. The Labute approximate surface area is 190 Å². The van der Waals surface area contributed by atoms with Crippen molar-refractivity contribution in [3.05, 3.63) is 59.7 Å². The lowest BCUT2D eigenvalue weighted by Gasteiger charge is -2.17. The van der Waals surface area contributed by atoms with Gasteiger partial charge in [0.25, 0.3) is 0 Å². The van der Waals surface area contributed by atoms with E-state index in [1.807, 2.05) is 50.3 Å². The Kier molecular flexibility index (Phi) is 10.8. The molecule has 32 heavy (non-hydrogen) atoms. The summed E-state index contributed by atoms with van der Waals surface area (Å²) in [6.07, 6.45) is 8.34. The third-order valence-electron chi connectivity index (χ3n) is 5.63. The summed E-state index contributed by atoms with van der Waals surface area (Å²) in [6, 6.07) is 7.92. The molecule has 1 aromatic rings. The van der Waals surface area contributed by atoms with Crippen molar-refractivity contribution in [2.45, 2.75) is 77.3 Å². The van der Waals surface area contributed by atoms with Crippen LogP contribution in [-0.4, -0.2) is 45.4 Å². The molecule has 0 bridgehead atoms. The predicted molar refractivity (Wildman–Crippen MR) is 123 cm³/mol. The fraction of sp³-hybridized carbons (Fsp3) is 0.538. The molecule has 0 radical (unpaired) electrons. The van der Waals surface area contributed by atoms with Crippen molar-refractivity contribution in [1.29, 1.82) is 0 Å². The van der Waals surface area contributed by atoms with E-state index in [1.54, 1.807) is 12.2 Å². The highest BCUT2D eigenvalue weighted by Gasteiger charge is 2.39. The summed E-state index contributed by atoms with van der Waals surface area (Å²) >= 11 is 0. The monoisotopic (exact) mass is 444 g/mol. The maximum Gasteiger partial charge on any atom is 0.303 e. The van der Waals surface area contributed by atoms with Crippen LogP contribution in [0.4, 0.5) is 0 Å². The molecule has 6 heteroatoms. The van der Waals surface area contributed by atoms with E-state index in [4.69, 9.17) is 9.84 Å². The van der Waals surface area contributed by atoms with E-state index >= 15 is 0 Å². The summed E-state index contributed by atoms with van der Waals surface area (Å²) < 4.78 is 5.63. The van der Waals surface area contributed by atoms with Gasteiger partial charge >= 0.3 is 5.97 Å². The molecule has 0 aromatic heterocycles. The van der Waals surface area contributed by atoms with Gasteiger partial charge in [-0.15, -0.1) is 0 Å². The second-order valence-electron chi connectivity index (χ2n) is 8.75. The van der Waals surface area contributed by atoms with Crippen LogP contribution < -0.4 is 0 Å². The summed E-state index contributed by atoms with van der Waals surface area (Å²) in [5.74, 6) is -1.44. The largest absolute Gasteiger partial charge is 0.481 e. The number of aliphatic hydroxyl groups is 2. The smallest absolute Gasteiger partial charge is 0.303 e. The SMILES string of the molecule is CC(C)OCc1cccc(CC(O)C=C[C@H]2[C@H](O)CC(=O)[C@@H]2CC=CCCCC(=O)O)c1. The van der Waals surface area contributed by atoms with Gasteiger partial charge in [-0.2, -0.15) is 0 Å². The number of benzene rings is 1. The average Bonchev–Trinajstić information content (AvgIpc) is 2.99. The zero-order chi connectivity index (χ0) is 23.5. The number of carboxylic acid groups (broad SMARTS) is 1. The average molecular weight is 445 g/mol. The number of Topliss-reactive ketones (excluding diaryl/α,β-unsaturated/α-hetero) is 1. The van der Waals surface area contributed by atoms with Gasteiger partial charge in [0.05, 0.1) is 24.9 Å². The zero-order valence-electron chi connectivity index (χ0n) is 19.0. The normalized spacial score (nSPS) is 22.4. The number of carbonyl (C=O) groups excluding carboxylic acids is 1. The van der Waals surface area contributed by atoms with Crippen LogP contribution in [-0.2, 0) is 27.4 Å². The van der Waals surface area contributed by atoms with Gasteiger partial charge in [-0.3, -0.25) is 9.59 Å². The molecule has 0 aliphatic heterocycles. The summed E-state index contributed by atoms with van der Waals surface area (Å²) in [6.45, 7) is 4.51. The van der Waals surface area contributed by atoms with Gasteiger partial charge in [0, 0.05) is 31.1 Å². The van der Waals surface area contributed by atoms with E-state index in [2.05, 4.69) is 0 Å². The first kappa shape index (κ1) is 26.0. The fourth-order valence-electron chi connectivity index (χ4n) is 3.93. The molecule has 0 heterocycles. The van der Waals surface area contributed by atoms with Crippen LogP contribution in [0.25, 0.3) is 0 Å². The van der Waals surface area contributed by atoms with E-state index in [9.17, 15) is 19.8 Å². The quantitative estimate of drug-likeness (QED) is 0.315. The first-order valence-corrected chi connectivity index (χ1v) is 11.4. The van der Waals surface area contributed by atoms with Crippen molar-refractivity contribution < 1.29 is 29.6 Å². The van der Waals surface area contributed by atoms with Crippen molar-refractivity contribution in [3.63, 3.8) is 0 Å². The maximum atomic E-state index is 12.3. The molecule has 1 aliphatic carbocycles. The Morgan fingerprint density at radius 1 is 1.25 bits per heavy atom. The van der Waals surface area contributed by atoms with Crippen LogP contribution in [0.15, 0.2) is 48.6 Å². The number of aliphatic hydroxyl groups excluding tert-OH is 2. The van der Waals surface area contributed by atoms with Gasteiger partial charge in [0.2, 0.25) is 0 Å². The first-order valence-electron chi connectivity index (χ1n) is 11.4. The third kappa shape index (κ3) is 9.07. The highest BCUT2D eigenvalue weighted by atomic mass is 16.5. The lowest BCUT2D eigenvalue weighted by molar-refractivity contribution is -0.137. The van der Waals surface area contributed by atoms with Crippen LogP contribution in [0.2, 0.25) is 0 Å². The number of ketones is 1. The summed E-state index contributed by atoms with van der Waals surface area (Å²) in [7, 11) is 0. The minimum Gasteiger partial charge on any atom is -0.481 e. The molecule has 176 valence electrons. The molecule has 0 spiro atoms. The van der Waals surface area contributed by atoms with Crippen LogP contribution in [0, 0.1) is 11.8 Å². The molecule has 1 unspecified atom stereocenters. The van der Waals surface area contributed by atoms with Crippen molar-refractivity contribution in [3.8, 4) is 0 Å². The van der Waals surface area contributed by atoms with Gasteiger partial charge < -0.3 is 20.1 Å². The topological polar surface area (TPSA) is 104 Å². The number of ether oxygens (including phenoxy) is 1. The molecule has 1 aromatic carbocycles. The van der Waals surface area contributed by atoms with E-state index in [0.717, 1.165) is 11.1 Å². The van der Waals surface area contributed by atoms with E-state index in [0.29, 0.717) is 32.3 Å². The van der Waals surface area contributed by atoms with Gasteiger partial charge in [-0.1, -0.05) is 48.6 Å². The van der Waals surface area contributed by atoms with Crippen LogP contribution >= 0.6 is 0 Å². The number of aliphatic carboxylic acids is 1. The first-order chi connectivity index (χ1) is 15.3. The standard InChI is InChI=1S/C26H36O6/c1-18(2)32-17-20-9-7-8-19(14-20)15-21(27)12-13-23-22(24(28)16-25(23)29)10-5-3-4-6-11-26(30)31/h3,5,7-9,12-14,18,21-23,25,27,29H,4,6,10-11,15-17H2,1-2H3,(H,30,31)/t21?,22-,23-,25-/m1/s1. The number of allylic oxidation sites excluding steroid dienone is 2. The molecule has 1 saturated carbocycles. The van der Waals surface area contributed by atoms with Crippen molar-refractivity contribution in [2.75, 3.05) is 0 Å². The molecular weight excluding hydrogens is 408 g/mol. The zero-order valence-corrected chi connectivity index (χ0v) is 19.0. The van der Waals surface area contributed by atoms with E-state index < -0.39 is 18.2 Å². The Bertz CT molecular complexity index is 797. The van der Waals surface area contributed by atoms with Gasteiger partial charge in [0.1, 0.15) is 5.78 Å². The summed E-state index contributed by atoms with van der Waals surface area (Å²) in [5, 5.41) is 29.5. The van der Waals surface area contributed by atoms with Gasteiger partial charge in [-0.05, 0) is 44.2 Å². The molecule has 0 amide bonds. The van der Waals surface area contributed by atoms with Crippen LogP contribution in [0.5, 0.6) is 0 Å². The van der Waals surface area contributed by atoms with Crippen LogP contribution in [0.1, 0.15) is 57.1 Å². The minimum atomic E-state index is -0.813. The fourth-order valence-corrected chi connectivity index (χ4v) is 3.93. The molecule has 1 aliphatic rings. The summed E-state index contributed by atoms with van der Waals surface area (Å²) in [4.78, 5) is 22.9. The Hall–Kier alpha value is -2.28. The lowest BCUT2D eigenvalue weighted by atomic mass is 9.90. The number of carboxylic acids is 1. The van der Waals surface area contributed by atoms with Gasteiger partial charge in [0.15, 0.2) is 0 Å². The van der Waals surface area contributed by atoms with E-state index in [-0.39, 0.29) is 36.6 Å². The lowest BCUT2D eigenvalue weighted by Crippen LogP contribution is -2.19. The number of unbranched alkanes of at least 4 members (excludes halogenated alkanes) is 1. The number of rotatable bonds is 13. The molecule has 4 atom stereocenters.